The van der Waals surface area contributed by atoms with Crippen LogP contribution in [0.5, 0.6) is 5.75 Å². The van der Waals surface area contributed by atoms with E-state index < -0.39 is 5.97 Å². The number of benzene rings is 3. The molecule has 1 aliphatic carbocycles. The Morgan fingerprint density at radius 1 is 0.968 bits per heavy atom. The number of carboxylic acids is 1. The number of carbonyl (C=O) groups excluding carboxylic acids is 1. The molecule has 1 aliphatic heterocycles. The Bertz CT molecular complexity index is 1360. The van der Waals surface area contributed by atoms with Gasteiger partial charge in [0, 0.05) is 31.2 Å². The summed E-state index contributed by atoms with van der Waals surface area (Å²) in [6, 6.07) is 9.93. The van der Waals surface area contributed by atoms with E-state index in [-0.39, 0.29) is 75.9 Å². The van der Waals surface area contributed by atoms with Crippen LogP contribution in [-0.4, -0.2) is 5.97 Å². The fraction of sp³-hybridized carbons (Fsp3) is 0.0909. The van der Waals surface area contributed by atoms with Gasteiger partial charge in [0.1, 0.15) is 11.3 Å². The number of aryl methyl sites for hydroxylation is 1. The van der Waals surface area contributed by atoms with Crippen LogP contribution in [0.2, 0.25) is 0 Å². The molecular weight excluding hydrogens is 644 g/mol. The minimum absolute atomic E-state index is 0. The first-order valence-corrected chi connectivity index (χ1v) is 10.7. The van der Waals surface area contributed by atoms with Crippen LogP contribution >= 0.6 is 45.2 Å². The van der Waals surface area contributed by atoms with E-state index in [0.717, 1.165) is 0 Å². The molecule has 31 heavy (non-hydrogen) atoms. The first-order chi connectivity index (χ1) is 13.7. The summed E-state index contributed by atoms with van der Waals surface area (Å²) in [6.07, 6.45) is 0. The third-order valence-corrected chi connectivity index (χ3v) is 6.59. The predicted octanol–water partition coefficient (Wildman–Crippen LogP) is -2.16. The van der Waals surface area contributed by atoms with Crippen molar-refractivity contribution in [3.63, 3.8) is 0 Å². The van der Waals surface area contributed by atoms with Crippen LogP contribution in [0.25, 0.3) is 33.4 Å². The molecule has 0 N–H and O–H groups in total. The standard InChI is InChI=1S/C22H14I2O5.2Na/c1-9-18(25)15(23)7-13-17(11-5-3-4-6-12(11)22(27)28)14-8-16(24)19(26)10(2)21(14)29-20(9)13;;/h3-8,25H,1-2H3,(H,27,28);;/q;2*+1/p-2. The van der Waals surface area contributed by atoms with Crippen molar-refractivity contribution in [2.75, 3.05) is 0 Å². The van der Waals surface area contributed by atoms with E-state index >= 15 is 0 Å². The third-order valence-electron chi connectivity index (χ3n) is 4.99. The van der Waals surface area contributed by atoms with Gasteiger partial charge < -0.3 is 19.4 Å². The first-order valence-electron chi connectivity index (χ1n) is 8.58. The summed E-state index contributed by atoms with van der Waals surface area (Å²) in [5.41, 5.74) is 2.68. The number of hydrogen-bond donors (Lipinski definition) is 0. The summed E-state index contributed by atoms with van der Waals surface area (Å²) in [7, 11) is 0. The molecule has 0 bridgehead atoms. The van der Waals surface area contributed by atoms with Crippen molar-refractivity contribution in [3.8, 4) is 28.2 Å². The second-order valence-corrected chi connectivity index (χ2v) is 9.01. The zero-order valence-electron chi connectivity index (χ0n) is 17.3. The van der Waals surface area contributed by atoms with Crippen molar-refractivity contribution in [1.82, 2.24) is 0 Å². The Kier molecular flexibility index (Phi) is 9.11. The summed E-state index contributed by atoms with van der Waals surface area (Å²) in [5.74, 6) is -1.12. The molecule has 4 rings (SSSR count). The molecule has 0 spiro atoms. The topological polar surface area (TPSA) is 93.4 Å². The number of carbonyl (C=O) groups is 1. The summed E-state index contributed by atoms with van der Waals surface area (Å²) in [4.78, 5) is 24.3. The number of fused-ring (bicyclic) bond motifs is 2. The molecule has 0 fully saturated rings. The maximum absolute atomic E-state index is 12.5. The molecule has 0 radical (unpaired) electrons. The Balaban J connectivity index is 0.00000171. The monoisotopic (exact) mass is 656 g/mol. The number of rotatable bonds is 2. The molecule has 0 aromatic heterocycles. The maximum Gasteiger partial charge on any atom is 1.00 e. The largest absolute Gasteiger partial charge is 1.00 e. The van der Waals surface area contributed by atoms with Crippen LogP contribution in [0, 0.1) is 21.0 Å². The van der Waals surface area contributed by atoms with Gasteiger partial charge in [-0.2, -0.15) is 0 Å². The molecule has 0 saturated heterocycles. The molecule has 2 aliphatic rings. The van der Waals surface area contributed by atoms with Gasteiger partial charge in [-0.05, 0) is 82.3 Å². The van der Waals surface area contributed by atoms with Gasteiger partial charge in [-0.25, -0.2) is 0 Å². The first kappa shape index (κ1) is 27.1. The van der Waals surface area contributed by atoms with Crippen LogP contribution < -0.4 is 74.8 Å². The van der Waals surface area contributed by atoms with Gasteiger partial charge in [0.2, 0.25) is 0 Å². The number of aromatic carboxylic acids is 1. The van der Waals surface area contributed by atoms with Crippen LogP contribution in [0.4, 0.5) is 0 Å². The minimum Gasteiger partial charge on any atom is -0.871 e. The van der Waals surface area contributed by atoms with Crippen molar-refractivity contribution >= 4 is 62.1 Å². The average Bonchev–Trinajstić information content (AvgIpc) is 2.69. The zero-order chi connectivity index (χ0) is 21.0. The molecular formula is C22H12I2Na2O5. The second-order valence-electron chi connectivity index (χ2n) is 6.69. The van der Waals surface area contributed by atoms with Crippen molar-refractivity contribution in [1.29, 1.82) is 0 Å². The molecule has 2 aromatic carbocycles. The maximum atomic E-state index is 12.5. The molecule has 5 nitrogen and oxygen atoms in total. The molecule has 0 atom stereocenters. The van der Waals surface area contributed by atoms with Gasteiger partial charge in [-0.3, -0.25) is 4.79 Å². The van der Waals surface area contributed by atoms with Gasteiger partial charge in [0.15, 0.2) is 5.43 Å². The van der Waals surface area contributed by atoms with E-state index in [0.29, 0.717) is 51.7 Å². The van der Waals surface area contributed by atoms with Crippen LogP contribution in [-0.2, 0) is 0 Å². The molecule has 0 unspecified atom stereocenters. The fourth-order valence-electron chi connectivity index (χ4n) is 3.54. The SMILES string of the molecule is Cc1c2oc3c(C)c([O-])c(I)cc3c(-c3ccccc3C(=O)[O-])c-2cc(I)c1=O.[Na+].[Na+]. The summed E-state index contributed by atoms with van der Waals surface area (Å²) in [5, 5.41) is 24.9. The van der Waals surface area contributed by atoms with E-state index in [1.54, 1.807) is 44.2 Å². The predicted molar refractivity (Wildman–Crippen MR) is 123 cm³/mol. The molecule has 0 saturated carbocycles. The summed E-state index contributed by atoms with van der Waals surface area (Å²) >= 11 is 3.93. The van der Waals surface area contributed by atoms with Crippen LogP contribution in [0.15, 0.2) is 45.6 Å². The number of halogens is 2. The van der Waals surface area contributed by atoms with Gasteiger partial charge in [0.25, 0.3) is 0 Å². The number of hydrogen-bond acceptors (Lipinski definition) is 5. The van der Waals surface area contributed by atoms with Gasteiger partial charge in [-0.15, -0.1) is 0 Å². The Morgan fingerprint density at radius 3 is 2.26 bits per heavy atom. The van der Waals surface area contributed by atoms with Crippen LogP contribution in [0.1, 0.15) is 21.5 Å². The smallest absolute Gasteiger partial charge is 0.871 e. The van der Waals surface area contributed by atoms with Gasteiger partial charge >= 0.3 is 59.1 Å². The normalized spacial score (nSPS) is 10.6. The zero-order valence-corrected chi connectivity index (χ0v) is 25.6. The van der Waals surface area contributed by atoms with E-state index in [2.05, 4.69) is 0 Å². The summed E-state index contributed by atoms with van der Waals surface area (Å²) < 4.78 is 7.07. The summed E-state index contributed by atoms with van der Waals surface area (Å²) in [6.45, 7) is 3.33. The number of carboxylic acid groups (broad SMARTS) is 1. The molecule has 146 valence electrons. The van der Waals surface area contributed by atoms with Gasteiger partial charge in [-0.1, -0.05) is 30.0 Å². The Hall–Kier alpha value is -0.140. The van der Waals surface area contributed by atoms with Crippen molar-refractivity contribution in [2.45, 2.75) is 13.8 Å². The third kappa shape index (κ3) is 4.62. The van der Waals surface area contributed by atoms with Crippen molar-refractivity contribution in [2.24, 2.45) is 0 Å². The second kappa shape index (κ2) is 10.4. The molecule has 2 aromatic rings. The van der Waals surface area contributed by atoms with Gasteiger partial charge in [0.05, 0.1) is 9.54 Å². The molecule has 0 amide bonds. The fourth-order valence-corrected chi connectivity index (χ4v) is 4.97. The average molecular weight is 656 g/mol. The van der Waals surface area contributed by atoms with E-state index in [9.17, 15) is 19.8 Å². The van der Waals surface area contributed by atoms with Crippen molar-refractivity contribution < 1.29 is 78.5 Å². The quantitative estimate of drug-likeness (QED) is 0.139. The molecule has 9 heteroatoms. The van der Waals surface area contributed by atoms with Crippen molar-refractivity contribution in [3.05, 3.63) is 70.5 Å². The van der Waals surface area contributed by atoms with E-state index in [4.69, 9.17) is 4.42 Å². The molecule has 1 heterocycles. The minimum atomic E-state index is -1.30. The Morgan fingerprint density at radius 2 is 1.61 bits per heavy atom. The Labute approximate surface area is 249 Å². The van der Waals surface area contributed by atoms with Crippen LogP contribution in [0.3, 0.4) is 0 Å². The van der Waals surface area contributed by atoms with E-state index in [1.165, 1.54) is 6.07 Å². The van der Waals surface area contributed by atoms with E-state index in [1.807, 2.05) is 45.2 Å².